The molecule has 0 radical (unpaired) electrons. The van der Waals surface area contributed by atoms with Crippen LogP contribution in [0.5, 0.6) is 0 Å². The molecule has 18 heavy (non-hydrogen) atoms. The lowest BCUT2D eigenvalue weighted by Gasteiger charge is -2.09. The van der Waals surface area contributed by atoms with Crippen molar-refractivity contribution in [3.05, 3.63) is 29.8 Å². The van der Waals surface area contributed by atoms with E-state index in [2.05, 4.69) is 10.6 Å². The lowest BCUT2D eigenvalue weighted by molar-refractivity contribution is -0.122. The lowest BCUT2D eigenvalue weighted by atomic mass is 10.2. The van der Waals surface area contributed by atoms with Crippen LogP contribution in [0.25, 0.3) is 0 Å². The van der Waals surface area contributed by atoms with Crippen LogP contribution in [0.1, 0.15) is 23.2 Å². The van der Waals surface area contributed by atoms with E-state index >= 15 is 0 Å². The quantitative estimate of drug-likeness (QED) is 0.663. The lowest BCUT2D eigenvalue weighted by Crippen LogP contribution is -2.30. The Bertz CT molecular complexity index is 455. The molecule has 0 aliphatic heterocycles. The van der Waals surface area contributed by atoms with Crippen molar-refractivity contribution in [1.29, 1.82) is 0 Å². The van der Waals surface area contributed by atoms with Crippen LogP contribution in [0, 0.1) is 5.92 Å². The molecular weight excluding hydrogens is 232 g/mol. The molecule has 1 amide bonds. The molecule has 5 heteroatoms. The number of benzene rings is 1. The average Bonchev–Trinajstić information content (AvgIpc) is 3.19. The van der Waals surface area contributed by atoms with E-state index in [1.807, 2.05) is 0 Å². The molecule has 1 aliphatic carbocycles. The predicted octanol–water partition coefficient (Wildman–Crippen LogP) is 1.32. The van der Waals surface area contributed by atoms with E-state index in [0.29, 0.717) is 18.8 Å². The van der Waals surface area contributed by atoms with Gasteiger partial charge in [0.05, 0.1) is 5.56 Å². The minimum absolute atomic E-state index is 0.100. The number of amides is 1. The molecule has 1 aromatic carbocycles. The number of carbonyl (C=O) groups excluding carboxylic acids is 1. The molecule has 1 fully saturated rings. The number of carboxylic acid groups (broad SMARTS) is 1. The fourth-order valence-electron chi connectivity index (χ4n) is 1.70. The van der Waals surface area contributed by atoms with Crippen molar-refractivity contribution in [2.45, 2.75) is 12.8 Å². The highest BCUT2D eigenvalue weighted by Gasteiger charge is 2.28. The molecule has 0 bridgehead atoms. The zero-order valence-corrected chi connectivity index (χ0v) is 9.98. The highest BCUT2D eigenvalue weighted by Crippen LogP contribution is 2.28. The van der Waals surface area contributed by atoms with Gasteiger partial charge < -0.3 is 15.7 Å². The molecule has 0 heterocycles. The molecule has 3 N–H and O–H groups in total. The second kappa shape index (κ2) is 5.53. The summed E-state index contributed by atoms with van der Waals surface area (Å²) < 4.78 is 0. The SMILES string of the molecule is O=C(O)c1ccccc1NCCNC(=O)C1CC1. The van der Waals surface area contributed by atoms with Crippen LogP contribution in [0.4, 0.5) is 5.69 Å². The number of para-hydroxylation sites is 1. The summed E-state index contributed by atoms with van der Waals surface area (Å²) in [6, 6.07) is 6.72. The van der Waals surface area contributed by atoms with Crippen LogP contribution in [0.15, 0.2) is 24.3 Å². The number of nitrogens with one attached hydrogen (secondary N) is 2. The summed E-state index contributed by atoms with van der Waals surface area (Å²) in [5.74, 6) is -0.653. The van der Waals surface area contributed by atoms with Crippen molar-refractivity contribution in [3.8, 4) is 0 Å². The second-order valence-corrected chi connectivity index (χ2v) is 4.34. The zero-order valence-electron chi connectivity index (χ0n) is 9.98. The number of rotatable bonds is 6. The summed E-state index contributed by atoms with van der Waals surface area (Å²) >= 11 is 0. The first-order chi connectivity index (χ1) is 8.68. The highest BCUT2D eigenvalue weighted by atomic mass is 16.4. The highest BCUT2D eigenvalue weighted by molar-refractivity contribution is 5.94. The molecule has 1 aromatic rings. The summed E-state index contributed by atoms with van der Waals surface area (Å²) in [5.41, 5.74) is 0.816. The monoisotopic (exact) mass is 248 g/mol. The van der Waals surface area contributed by atoms with Crippen LogP contribution in [-0.2, 0) is 4.79 Å². The zero-order chi connectivity index (χ0) is 13.0. The Kier molecular flexibility index (Phi) is 3.82. The molecule has 1 aliphatic rings. The maximum atomic E-state index is 11.4. The van der Waals surface area contributed by atoms with Crippen molar-refractivity contribution < 1.29 is 14.7 Å². The summed E-state index contributed by atoms with van der Waals surface area (Å²) in [6.07, 6.45) is 1.97. The van der Waals surface area contributed by atoms with Gasteiger partial charge in [-0.15, -0.1) is 0 Å². The van der Waals surface area contributed by atoms with Crippen LogP contribution >= 0.6 is 0 Å². The number of hydrogen-bond donors (Lipinski definition) is 3. The molecule has 0 spiro atoms. The molecular formula is C13H16N2O3. The Morgan fingerprint density at radius 3 is 2.61 bits per heavy atom. The van der Waals surface area contributed by atoms with Crippen molar-refractivity contribution in [2.24, 2.45) is 5.92 Å². The first kappa shape index (κ1) is 12.4. The Balaban J connectivity index is 1.79. The Morgan fingerprint density at radius 2 is 1.94 bits per heavy atom. The first-order valence-corrected chi connectivity index (χ1v) is 6.02. The molecule has 0 unspecified atom stereocenters. The largest absolute Gasteiger partial charge is 0.478 e. The van der Waals surface area contributed by atoms with Gasteiger partial charge in [0.25, 0.3) is 0 Å². The minimum Gasteiger partial charge on any atom is -0.478 e. The minimum atomic E-state index is -0.958. The number of hydrogen-bond acceptors (Lipinski definition) is 3. The topological polar surface area (TPSA) is 78.4 Å². The first-order valence-electron chi connectivity index (χ1n) is 6.02. The third-order valence-electron chi connectivity index (χ3n) is 2.85. The van der Waals surface area contributed by atoms with E-state index in [1.54, 1.807) is 24.3 Å². The normalized spacial score (nSPS) is 14.0. The van der Waals surface area contributed by atoms with E-state index < -0.39 is 5.97 Å². The van der Waals surface area contributed by atoms with Crippen LogP contribution in [-0.4, -0.2) is 30.1 Å². The Hall–Kier alpha value is -2.04. The van der Waals surface area contributed by atoms with Gasteiger partial charge in [-0.25, -0.2) is 4.79 Å². The van der Waals surface area contributed by atoms with Crippen LogP contribution in [0.2, 0.25) is 0 Å². The van der Waals surface area contributed by atoms with E-state index in [0.717, 1.165) is 12.8 Å². The smallest absolute Gasteiger partial charge is 0.337 e. The van der Waals surface area contributed by atoms with Crippen LogP contribution < -0.4 is 10.6 Å². The molecule has 0 saturated heterocycles. The maximum Gasteiger partial charge on any atom is 0.337 e. The van der Waals surface area contributed by atoms with Crippen molar-refractivity contribution in [1.82, 2.24) is 5.32 Å². The fraction of sp³-hybridized carbons (Fsp3) is 0.385. The van der Waals surface area contributed by atoms with Crippen molar-refractivity contribution in [3.63, 3.8) is 0 Å². The van der Waals surface area contributed by atoms with Crippen molar-refractivity contribution in [2.75, 3.05) is 18.4 Å². The van der Waals surface area contributed by atoms with Gasteiger partial charge in [0.1, 0.15) is 0 Å². The predicted molar refractivity (Wildman–Crippen MR) is 67.6 cm³/mol. The summed E-state index contributed by atoms with van der Waals surface area (Å²) in [6.45, 7) is 1.02. The van der Waals surface area contributed by atoms with Gasteiger partial charge in [0, 0.05) is 24.7 Å². The van der Waals surface area contributed by atoms with E-state index in [9.17, 15) is 9.59 Å². The van der Waals surface area contributed by atoms with E-state index in [-0.39, 0.29) is 17.4 Å². The number of carboxylic acids is 1. The number of carbonyl (C=O) groups is 2. The van der Waals surface area contributed by atoms with E-state index in [4.69, 9.17) is 5.11 Å². The Labute approximate surface area is 105 Å². The van der Waals surface area contributed by atoms with E-state index in [1.165, 1.54) is 0 Å². The standard InChI is InChI=1S/C13H16N2O3/c16-12(9-5-6-9)15-8-7-14-11-4-2-1-3-10(11)13(17)18/h1-4,9,14H,5-8H2,(H,15,16)(H,17,18). The maximum absolute atomic E-state index is 11.4. The molecule has 5 nitrogen and oxygen atoms in total. The fourth-order valence-corrected chi connectivity index (χ4v) is 1.70. The van der Waals surface area contributed by atoms with Gasteiger partial charge in [-0.2, -0.15) is 0 Å². The summed E-state index contributed by atoms with van der Waals surface area (Å²) in [5, 5.41) is 14.8. The molecule has 0 atom stereocenters. The van der Waals surface area contributed by atoms with Gasteiger partial charge in [0.15, 0.2) is 0 Å². The third kappa shape index (κ3) is 3.23. The molecule has 2 rings (SSSR count). The number of aromatic carboxylic acids is 1. The van der Waals surface area contributed by atoms with Crippen molar-refractivity contribution >= 4 is 17.6 Å². The molecule has 0 aromatic heterocycles. The van der Waals surface area contributed by atoms with Crippen LogP contribution in [0.3, 0.4) is 0 Å². The van der Waals surface area contributed by atoms with Gasteiger partial charge in [-0.3, -0.25) is 4.79 Å². The summed E-state index contributed by atoms with van der Waals surface area (Å²) in [7, 11) is 0. The van der Waals surface area contributed by atoms with Gasteiger partial charge in [-0.05, 0) is 25.0 Å². The third-order valence-corrected chi connectivity index (χ3v) is 2.85. The molecule has 96 valence electrons. The number of anilines is 1. The molecule has 1 saturated carbocycles. The van der Waals surface area contributed by atoms with Gasteiger partial charge >= 0.3 is 5.97 Å². The summed E-state index contributed by atoms with van der Waals surface area (Å²) in [4.78, 5) is 22.3. The Morgan fingerprint density at radius 1 is 1.22 bits per heavy atom. The average molecular weight is 248 g/mol. The van der Waals surface area contributed by atoms with Gasteiger partial charge in [-0.1, -0.05) is 12.1 Å². The second-order valence-electron chi connectivity index (χ2n) is 4.34. The van der Waals surface area contributed by atoms with Gasteiger partial charge in [0.2, 0.25) is 5.91 Å².